The standard InChI is InChI=1S/C20H30F3N5O/c1-2-24-19(27-16-9-10-28(13-16)14-20(21,22)23)26-12-15-7-8-18(25-11-15)29-17-5-3-4-6-17/h7-8,11,16-17H,2-6,9-10,12-14H2,1H3,(H2,24,26,27). The Morgan fingerprint density at radius 1 is 1.28 bits per heavy atom. The maximum Gasteiger partial charge on any atom is 0.401 e. The molecule has 1 saturated carbocycles. The van der Waals surface area contributed by atoms with E-state index in [-0.39, 0.29) is 12.1 Å². The van der Waals surface area contributed by atoms with E-state index in [4.69, 9.17) is 4.74 Å². The third-order valence-corrected chi connectivity index (χ3v) is 5.17. The number of pyridine rings is 1. The first-order chi connectivity index (χ1) is 13.9. The molecule has 2 N–H and O–H groups in total. The van der Waals surface area contributed by atoms with E-state index in [1.54, 1.807) is 6.20 Å². The Kier molecular flexibility index (Phi) is 7.57. The Labute approximate surface area is 169 Å². The number of guanidine groups is 1. The molecule has 1 aromatic rings. The van der Waals surface area contributed by atoms with Crippen LogP contribution in [0.25, 0.3) is 0 Å². The molecule has 0 bridgehead atoms. The second-order valence-corrected chi connectivity index (χ2v) is 7.70. The van der Waals surface area contributed by atoms with Crippen molar-refractivity contribution in [2.75, 3.05) is 26.2 Å². The zero-order valence-electron chi connectivity index (χ0n) is 16.8. The van der Waals surface area contributed by atoms with E-state index >= 15 is 0 Å². The van der Waals surface area contributed by atoms with Gasteiger partial charge in [-0.2, -0.15) is 13.2 Å². The highest BCUT2D eigenvalue weighted by Crippen LogP contribution is 2.23. The third kappa shape index (κ3) is 7.38. The Morgan fingerprint density at radius 3 is 2.72 bits per heavy atom. The van der Waals surface area contributed by atoms with Crippen LogP contribution >= 0.6 is 0 Å². The van der Waals surface area contributed by atoms with Gasteiger partial charge in [0.25, 0.3) is 0 Å². The van der Waals surface area contributed by atoms with E-state index in [2.05, 4.69) is 20.6 Å². The predicted octanol–water partition coefficient (Wildman–Crippen LogP) is 3.09. The number of rotatable bonds is 7. The van der Waals surface area contributed by atoms with Crippen LogP contribution in [0.15, 0.2) is 23.3 Å². The fourth-order valence-corrected chi connectivity index (χ4v) is 3.78. The smallest absolute Gasteiger partial charge is 0.401 e. The van der Waals surface area contributed by atoms with Crippen molar-refractivity contribution in [1.29, 1.82) is 0 Å². The zero-order chi connectivity index (χ0) is 20.7. The monoisotopic (exact) mass is 413 g/mol. The van der Waals surface area contributed by atoms with Crippen LogP contribution in [-0.2, 0) is 6.54 Å². The lowest BCUT2D eigenvalue weighted by Gasteiger charge is -2.19. The van der Waals surface area contributed by atoms with Crippen LogP contribution in [0, 0.1) is 0 Å². The molecule has 0 amide bonds. The molecule has 2 fully saturated rings. The van der Waals surface area contributed by atoms with Gasteiger partial charge in [-0.1, -0.05) is 6.07 Å². The number of nitrogens with one attached hydrogen (secondary N) is 2. The van der Waals surface area contributed by atoms with Gasteiger partial charge in [-0.15, -0.1) is 0 Å². The molecule has 1 aliphatic carbocycles. The molecule has 0 aromatic carbocycles. The lowest BCUT2D eigenvalue weighted by Crippen LogP contribution is -2.45. The summed E-state index contributed by atoms with van der Waals surface area (Å²) in [6, 6.07) is 3.77. The van der Waals surface area contributed by atoms with E-state index in [0.29, 0.717) is 44.4 Å². The molecule has 162 valence electrons. The maximum atomic E-state index is 12.6. The minimum atomic E-state index is -4.16. The number of likely N-dealkylation sites (tertiary alicyclic amines) is 1. The molecule has 1 aromatic heterocycles. The van der Waals surface area contributed by atoms with Crippen LogP contribution in [0.4, 0.5) is 13.2 Å². The summed E-state index contributed by atoms with van der Waals surface area (Å²) in [5.74, 6) is 1.25. The molecular weight excluding hydrogens is 383 g/mol. The lowest BCUT2D eigenvalue weighted by atomic mass is 10.2. The molecule has 1 atom stereocenters. The molecule has 2 heterocycles. The van der Waals surface area contributed by atoms with Gasteiger partial charge in [0.15, 0.2) is 5.96 Å². The summed E-state index contributed by atoms with van der Waals surface area (Å²) in [6.07, 6.45) is 3.15. The highest BCUT2D eigenvalue weighted by molar-refractivity contribution is 5.80. The van der Waals surface area contributed by atoms with Crippen molar-refractivity contribution >= 4 is 5.96 Å². The van der Waals surface area contributed by atoms with Gasteiger partial charge in [-0.25, -0.2) is 9.98 Å². The lowest BCUT2D eigenvalue weighted by molar-refractivity contribution is -0.143. The Bertz CT molecular complexity index is 659. The molecule has 6 nitrogen and oxygen atoms in total. The molecule has 1 saturated heterocycles. The van der Waals surface area contributed by atoms with Gasteiger partial charge in [0.1, 0.15) is 6.10 Å². The molecule has 3 rings (SSSR count). The third-order valence-electron chi connectivity index (χ3n) is 5.17. The van der Waals surface area contributed by atoms with Crippen molar-refractivity contribution in [3.8, 4) is 5.88 Å². The van der Waals surface area contributed by atoms with Crippen LogP contribution < -0.4 is 15.4 Å². The topological polar surface area (TPSA) is 61.8 Å². The van der Waals surface area contributed by atoms with Crippen molar-refractivity contribution in [2.24, 2.45) is 4.99 Å². The van der Waals surface area contributed by atoms with E-state index < -0.39 is 12.7 Å². The van der Waals surface area contributed by atoms with Crippen LogP contribution in [0.1, 0.15) is 44.6 Å². The number of halogens is 3. The van der Waals surface area contributed by atoms with Crippen molar-refractivity contribution < 1.29 is 17.9 Å². The normalized spacial score (nSPS) is 21.5. The number of hydrogen-bond acceptors (Lipinski definition) is 4. The van der Waals surface area contributed by atoms with Gasteiger partial charge < -0.3 is 15.4 Å². The number of ether oxygens (including phenoxy) is 1. The molecule has 9 heteroatoms. The first-order valence-electron chi connectivity index (χ1n) is 10.4. The first-order valence-corrected chi connectivity index (χ1v) is 10.4. The molecule has 0 spiro atoms. The Balaban J connectivity index is 1.49. The number of aliphatic imine (C=N–C) groups is 1. The van der Waals surface area contributed by atoms with Crippen LogP contribution in [0.2, 0.25) is 0 Å². The summed E-state index contributed by atoms with van der Waals surface area (Å²) in [6.45, 7) is 3.00. The molecule has 2 aliphatic rings. The van der Waals surface area contributed by atoms with E-state index in [9.17, 15) is 13.2 Å². The van der Waals surface area contributed by atoms with Crippen LogP contribution in [0.3, 0.4) is 0 Å². The zero-order valence-corrected chi connectivity index (χ0v) is 16.8. The maximum absolute atomic E-state index is 12.6. The average Bonchev–Trinajstić information content (AvgIpc) is 3.32. The molecule has 0 radical (unpaired) electrons. The van der Waals surface area contributed by atoms with Gasteiger partial charge in [-0.3, -0.25) is 4.90 Å². The second kappa shape index (κ2) is 10.1. The Morgan fingerprint density at radius 2 is 2.07 bits per heavy atom. The summed E-state index contributed by atoms with van der Waals surface area (Å²) >= 11 is 0. The summed E-state index contributed by atoms with van der Waals surface area (Å²) in [7, 11) is 0. The fourth-order valence-electron chi connectivity index (χ4n) is 3.78. The van der Waals surface area contributed by atoms with Gasteiger partial charge in [0.05, 0.1) is 13.1 Å². The van der Waals surface area contributed by atoms with E-state index in [0.717, 1.165) is 18.4 Å². The predicted molar refractivity (Wildman–Crippen MR) is 106 cm³/mol. The van der Waals surface area contributed by atoms with E-state index in [1.165, 1.54) is 17.7 Å². The summed E-state index contributed by atoms with van der Waals surface area (Å²) in [5.41, 5.74) is 0.950. The second-order valence-electron chi connectivity index (χ2n) is 7.70. The van der Waals surface area contributed by atoms with Crippen LogP contribution in [-0.4, -0.2) is 60.3 Å². The molecule has 29 heavy (non-hydrogen) atoms. The van der Waals surface area contributed by atoms with Crippen LogP contribution in [0.5, 0.6) is 5.88 Å². The minimum absolute atomic E-state index is 0.0459. The van der Waals surface area contributed by atoms with Gasteiger partial charge in [0.2, 0.25) is 5.88 Å². The van der Waals surface area contributed by atoms with Gasteiger partial charge >= 0.3 is 6.18 Å². The molecular formula is C20H30F3N5O. The quantitative estimate of drug-likeness (QED) is 0.531. The SMILES string of the molecule is CCNC(=NCc1ccc(OC2CCCC2)nc1)NC1CCN(CC(F)(F)F)C1. The number of nitrogens with zero attached hydrogens (tertiary/aromatic N) is 3. The van der Waals surface area contributed by atoms with Crippen molar-refractivity contribution in [2.45, 2.75) is 63.9 Å². The molecule has 1 aliphatic heterocycles. The average molecular weight is 413 g/mol. The summed E-state index contributed by atoms with van der Waals surface area (Å²) in [4.78, 5) is 10.3. The highest BCUT2D eigenvalue weighted by Gasteiger charge is 2.34. The summed E-state index contributed by atoms with van der Waals surface area (Å²) < 4.78 is 43.5. The van der Waals surface area contributed by atoms with Gasteiger partial charge in [-0.05, 0) is 44.6 Å². The minimum Gasteiger partial charge on any atom is -0.474 e. The van der Waals surface area contributed by atoms with E-state index in [1.807, 2.05) is 19.1 Å². The highest BCUT2D eigenvalue weighted by atomic mass is 19.4. The first kappa shape index (κ1) is 21.7. The molecule has 1 unspecified atom stereocenters. The van der Waals surface area contributed by atoms with Crippen molar-refractivity contribution in [1.82, 2.24) is 20.5 Å². The van der Waals surface area contributed by atoms with Crippen molar-refractivity contribution in [3.63, 3.8) is 0 Å². The number of hydrogen-bond donors (Lipinski definition) is 2. The van der Waals surface area contributed by atoms with Gasteiger partial charge in [0, 0.05) is 37.9 Å². The fraction of sp³-hybridized carbons (Fsp3) is 0.700. The largest absolute Gasteiger partial charge is 0.474 e. The number of alkyl halides is 3. The summed E-state index contributed by atoms with van der Waals surface area (Å²) in [5, 5.41) is 6.40. The van der Waals surface area contributed by atoms with Crippen molar-refractivity contribution in [3.05, 3.63) is 23.9 Å². The Hall–Kier alpha value is -2.03. The number of aromatic nitrogens is 1.